The van der Waals surface area contributed by atoms with Gasteiger partial charge in [-0.1, -0.05) is 30.7 Å². The van der Waals surface area contributed by atoms with E-state index in [9.17, 15) is 9.59 Å². The molecule has 1 amide bonds. The van der Waals surface area contributed by atoms with Crippen molar-refractivity contribution in [2.45, 2.75) is 39.8 Å². The fraction of sp³-hybridized carbons (Fsp3) is 0.290. The molecule has 2 aliphatic heterocycles. The van der Waals surface area contributed by atoms with Gasteiger partial charge in [0.25, 0.3) is 5.91 Å². The molecule has 2 aliphatic rings. The molecule has 1 aromatic heterocycles. The van der Waals surface area contributed by atoms with Crippen LogP contribution < -0.4 is 24.4 Å². The minimum Gasteiger partial charge on any atom is -0.490 e. The van der Waals surface area contributed by atoms with E-state index in [1.165, 1.54) is 0 Å². The minimum atomic E-state index is -0.682. The molecule has 0 bridgehead atoms. The Hall–Kier alpha value is -4.46. The summed E-state index contributed by atoms with van der Waals surface area (Å²) in [5.74, 6) is 2.18. The van der Waals surface area contributed by atoms with Gasteiger partial charge in [0.05, 0.1) is 30.2 Å². The van der Waals surface area contributed by atoms with Gasteiger partial charge in [0.15, 0.2) is 28.4 Å². The Bertz CT molecular complexity index is 1640. The summed E-state index contributed by atoms with van der Waals surface area (Å²) in [5.41, 5.74) is 3.00. The zero-order valence-corrected chi connectivity index (χ0v) is 22.1. The van der Waals surface area contributed by atoms with Crippen LogP contribution in [-0.4, -0.2) is 30.8 Å². The highest BCUT2D eigenvalue weighted by atomic mass is 16.7. The summed E-state index contributed by atoms with van der Waals surface area (Å²) in [4.78, 5) is 29.5. The molecular formula is C31H29NO7. The Morgan fingerprint density at radius 1 is 0.923 bits per heavy atom. The van der Waals surface area contributed by atoms with E-state index >= 15 is 0 Å². The van der Waals surface area contributed by atoms with Gasteiger partial charge in [-0.2, -0.15) is 0 Å². The number of rotatable bonds is 8. The Morgan fingerprint density at radius 2 is 1.77 bits per heavy atom. The smallest absolute Gasteiger partial charge is 0.291 e. The van der Waals surface area contributed by atoms with Crippen molar-refractivity contribution in [2.75, 3.05) is 20.0 Å². The zero-order valence-electron chi connectivity index (χ0n) is 22.1. The average molecular weight is 528 g/mol. The van der Waals surface area contributed by atoms with Gasteiger partial charge >= 0.3 is 0 Å². The molecule has 0 saturated heterocycles. The summed E-state index contributed by atoms with van der Waals surface area (Å²) < 4.78 is 28.9. The fourth-order valence-electron chi connectivity index (χ4n) is 5.17. The average Bonchev–Trinajstić information content (AvgIpc) is 3.51. The third-order valence-electron chi connectivity index (χ3n) is 6.96. The number of hydrogen-bond acceptors (Lipinski definition) is 7. The van der Waals surface area contributed by atoms with Crippen molar-refractivity contribution in [3.05, 3.63) is 92.8 Å². The first-order valence-corrected chi connectivity index (χ1v) is 13.1. The van der Waals surface area contributed by atoms with E-state index in [1.54, 1.807) is 17.0 Å². The second kappa shape index (κ2) is 10.0. The van der Waals surface area contributed by atoms with E-state index < -0.39 is 6.04 Å². The molecule has 39 heavy (non-hydrogen) atoms. The Morgan fingerprint density at radius 3 is 2.59 bits per heavy atom. The van der Waals surface area contributed by atoms with Gasteiger partial charge in [0.2, 0.25) is 12.6 Å². The van der Waals surface area contributed by atoms with Crippen LogP contribution in [0, 0.1) is 6.92 Å². The van der Waals surface area contributed by atoms with Crippen LogP contribution in [0.5, 0.6) is 23.0 Å². The van der Waals surface area contributed by atoms with Crippen LogP contribution in [0.15, 0.2) is 63.8 Å². The SMILES string of the molecule is CCCOc1ccc([C@@H]2c3c(oc4ccc(C)cc4c3=O)C(=O)N2Cc2ccc3c(c2)OCO3)cc1OCC. The maximum atomic E-state index is 13.9. The van der Waals surface area contributed by atoms with Crippen LogP contribution in [-0.2, 0) is 6.54 Å². The van der Waals surface area contributed by atoms with Crippen molar-refractivity contribution >= 4 is 16.9 Å². The molecular weight excluding hydrogens is 498 g/mol. The lowest BCUT2D eigenvalue weighted by molar-refractivity contribution is 0.0714. The van der Waals surface area contributed by atoms with E-state index in [1.807, 2.05) is 63.2 Å². The van der Waals surface area contributed by atoms with E-state index in [2.05, 4.69) is 0 Å². The first kappa shape index (κ1) is 24.9. The van der Waals surface area contributed by atoms with Gasteiger partial charge in [-0.3, -0.25) is 9.59 Å². The predicted molar refractivity (Wildman–Crippen MR) is 145 cm³/mol. The largest absolute Gasteiger partial charge is 0.490 e. The van der Waals surface area contributed by atoms with Gasteiger partial charge in [-0.25, -0.2) is 0 Å². The highest BCUT2D eigenvalue weighted by molar-refractivity contribution is 5.99. The second-order valence-corrected chi connectivity index (χ2v) is 9.68. The van der Waals surface area contributed by atoms with Crippen LogP contribution in [0.3, 0.4) is 0 Å². The zero-order chi connectivity index (χ0) is 27.1. The van der Waals surface area contributed by atoms with Crippen LogP contribution in [0.4, 0.5) is 0 Å². The number of hydrogen-bond donors (Lipinski definition) is 0. The first-order valence-electron chi connectivity index (χ1n) is 13.1. The van der Waals surface area contributed by atoms with Crippen molar-refractivity contribution in [2.24, 2.45) is 0 Å². The minimum absolute atomic E-state index is 0.0614. The third kappa shape index (κ3) is 4.35. The molecule has 0 saturated carbocycles. The van der Waals surface area contributed by atoms with Crippen molar-refractivity contribution < 1.29 is 28.2 Å². The topological polar surface area (TPSA) is 87.4 Å². The van der Waals surface area contributed by atoms with Gasteiger partial charge in [-0.05, 0) is 67.8 Å². The summed E-state index contributed by atoms with van der Waals surface area (Å²) in [6, 6.07) is 15.9. The quantitative estimate of drug-likeness (QED) is 0.288. The lowest BCUT2D eigenvalue weighted by Gasteiger charge is -2.26. The lowest BCUT2D eigenvalue weighted by atomic mass is 9.97. The summed E-state index contributed by atoms with van der Waals surface area (Å²) in [6.07, 6.45) is 0.856. The van der Waals surface area contributed by atoms with E-state index in [4.69, 9.17) is 23.4 Å². The molecule has 3 aromatic carbocycles. The van der Waals surface area contributed by atoms with Gasteiger partial charge < -0.3 is 28.3 Å². The third-order valence-corrected chi connectivity index (χ3v) is 6.96. The highest BCUT2D eigenvalue weighted by Crippen LogP contribution is 2.42. The molecule has 8 nitrogen and oxygen atoms in total. The highest BCUT2D eigenvalue weighted by Gasteiger charge is 2.43. The van der Waals surface area contributed by atoms with Gasteiger partial charge in [0.1, 0.15) is 5.58 Å². The first-order chi connectivity index (χ1) is 19.0. The normalized spacial score (nSPS) is 15.6. The standard InChI is InChI=1S/C31H29NO7/c1-4-12-36-23-11-8-20(15-26(23)35-5-2)28-27-29(33)21-13-18(3)6-9-22(21)39-30(27)31(34)32(28)16-19-7-10-24-25(14-19)38-17-37-24/h6-11,13-15,28H,4-5,12,16-17H2,1-3H3/t28-/m1/s1. The Labute approximate surface area is 225 Å². The number of carbonyl (C=O) groups excluding carboxylic acids is 1. The Balaban J connectivity index is 1.50. The number of aryl methyl sites for hydroxylation is 1. The maximum Gasteiger partial charge on any atom is 0.291 e. The molecule has 4 aromatic rings. The number of fused-ring (bicyclic) bond motifs is 3. The summed E-state index contributed by atoms with van der Waals surface area (Å²) >= 11 is 0. The van der Waals surface area contributed by atoms with Crippen LogP contribution in [0.1, 0.15) is 59.1 Å². The number of ether oxygens (including phenoxy) is 4. The van der Waals surface area contributed by atoms with Crippen molar-refractivity contribution in [3.63, 3.8) is 0 Å². The summed E-state index contributed by atoms with van der Waals surface area (Å²) in [6.45, 7) is 7.25. The van der Waals surface area contributed by atoms with E-state index in [0.29, 0.717) is 52.7 Å². The number of carbonyl (C=O) groups is 1. The van der Waals surface area contributed by atoms with Crippen molar-refractivity contribution in [3.8, 4) is 23.0 Å². The molecule has 0 aliphatic carbocycles. The molecule has 0 spiro atoms. The van der Waals surface area contributed by atoms with Gasteiger partial charge in [0, 0.05) is 6.54 Å². The molecule has 8 heteroatoms. The fourth-order valence-corrected chi connectivity index (χ4v) is 5.17. The van der Waals surface area contributed by atoms with E-state index in [0.717, 1.165) is 23.1 Å². The van der Waals surface area contributed by atoms with Crippen molar-refractivity contribution in [1.82, 2.24) is 4.90 Å². The molecule has 1 atom stereocenters. The van der Waals surface area contributed by atoms with Gasteiger partial charge in [-0.15, -0.1) is 0 Å². The molecule has 0 N–H and O–H groups in total. The van der Waals surface area contributed by atoms with Crippen molar-refractivity contribution in [1.29, 1.82) is 0 Å². The molecule has 200 valence electrons. The second-order valence-electron chi connectivity index (χ2n) is 9.68. The van der Waals surface area contributed by atoms with Crippen LogP contribution in [0.25, 0.3) is 11.0 Å². The van der Waals surface area contributed by atoms with Crippen LogP contribution >= 0.6 is 0 Å². The molecule has 0 fully saturated rings. The maximum absolute atomic E-state index is 13.9. The molecule has 6 rings (SSSR count). The Kier molecular flexibility index (Phi) is 6.38. The van der Waals surface area contributed by atoms with Crippen LogP contribution in [0.2, 0.25) is 0 Å². The predicted octanol–water partition coefficient (Wildman–Crippen LogP) is 5.76. The molecule has 0 unspecified atom stereocenters. The lowest BCUT2D eigenvalue weighted by Crippen LogP contribution is -2.29. The molecule has 0 radical (unpaired) electrons. The number of nitrogens with zero attached hydrogens (tertiary/aromatic N) is 1. The summed E-state index contributed by atoms with van der Waals surface area (Å²) in [7, 11) is 0. The number of benzene rings is 3. The molecule has 3 heterocycles. The monoisotopic (exact) mass is 527 g/mol. The summed E-state index contributed by atoms with van der Waals surface area (Å²) in [5, 5.41) is 0.449. The number of amides is 1. The van der Waals surface area contributed by atoms with E-state index in [-0.39, 0.29) is 30.4 Å².